The molecule has 0 N–H and O–H groups in total. The van der Waals surface area contributed by atoms with Crippen LogP contribution in [0.2, 0.25) is 5.02 Å². The second-order valence-electron chi connectivity index (χ2n) is 5.34. The predicted molar refractivity (Wildman–Crippen MR) is 93.9 cm³/mol. The zero-order chi connectivity index (χ0) is 14.7. The molecule has 1 aliphatic heterocycles. The Balaban J connectivity index is 0.00000176. The lowest BCUT2D eigenvalue weighted by molar-refractivity contribution is 0.0920. The number of rotatable bonds is 4. The number of Topliss-reactive ketones (excluding diaryl/α,β-unsaturated/α-hetero) is 1. The number of hydrogen-bond donors (Lipinski definition) is 0. The summed E-state index contributed by atoms with van der Waals surface area (Å²) < 4.78 is 4.39. The average molecular weight is 337 g/mol. The summed E-state index contributed by atoms with van der Waals surface area (Å²) in [5, 5.41) is 0.704. The lowest BCUT2D eigenvalue weighted by Crippen LogP contribution is -2.34. The Morgan fingerprint density at radius 3 is 2.55 bits per heavy atom. The molecule has 1 aromatic heterocycles. The summed E-state index contributed by atoms with van der Waals surface area (Å²) in [6.07, 6.45) is 3.68. The number of piperidine rings is 1. The van der Waals surface area contributed by atoms with Crippen molar-refractivity contribution in [3.05, 3.63) is 40.2 Å². The zero-order valence-electron chi connectivity index (χ0n) is 11.7. The molecule has 118 valence electrons. The van der Waals surface area contributed by atoms with Gasteiger partial charge in [0, 0.05) is 10.6 Å². The number of hydrogen-bond acceptors (Lipinski definition) is 4. The highest BCUT2D eigenvalue weighted by molar-refractivity contribution is 7.08. The van der Waals surface area contributed by atoms with Crippen molar-refractivity contribution in [2.45, 2.75) is 26.7 Å². The maximum atomic E-state index is 12.3. The highest BCUT2D eigenvalue weighted by Gasteiger charge is 2.17. The molecule has 1 aliphatic rings. The van der Waals surface area contributed by atoms with E-state index < -0.39 is 0 Å². The van der Waals surface area contributed by atoms with Crippen molar-refractivity contribution in [1.29, 1.82) is 0 Å². The van der Waals surface area contributed by atoms with Gasteiger partial charge in [-0.1, -0.05) is 37.6 Å². The quantitative estimate of drug-likeness (QED) is 0.754. The normalized spacial score (nSPS) is 15.3. The second-order valence-corrected chi connectivity index (χ2v) is 6.58. The van der Waals surface area contributed by atoms with Crippen molar-refractivity contribution in [2.75, 3.05) is 19.6 Å². The fourth-order valence-corrected chi connectivity index (χ4v) is 3.37. The van der Waals surface area contributed by atoms with Gasteiger partial charge in [0.1, 0.15) is 0 Å². The van der Waals surface area contributed by atoms with Crippen molar-refractivity contribution in [3.63, 3.8) is 0 Å². The average Bonchev–Trinajstić information content (AvgIpc) is 2.99. The lowest BCUT2D eigenvalue weighted by Gasteiger charge is -2.25. The van der Waals surface area contributed by atoms with Gasteiger partial charge in [0.15, 0.2) is 5.78 Å². The van der Waals surface area contributed by atoms with E-state index in [9.17, 15) is 4.79 Å². The largest absolute Gasteiger partial charge is 0.296 e. The Hall–Kier alpha value is -1.23. The molecule has 3 rings (SSSR count). The van der Waals surface area contributed by atoms with E-state index in [0.717, 1.165) is 29.2 Å². The van der Waals surface area contributed by atoms with E-state index in [4.69, 9.17) is 11.6 Å². The molecular weight excluding hydrogens is 316 g/mol. The van der Waals surface area contributed by atoms with Crippen molar-refractivity contribution >= 4 is 28.9 Å². The molecule has 0 bridgehead atoms. The third-order valence-corrected chi connectivity index (χ3v) is 4.82. The van der Waals surface area contributed by atoms with Gasteiger partial charge in [-0.2, -0.15) is 4.37 Å². The third kappa shape index (κ3) is 4.15. The summed E-state index contributed by atoms with van der Waals surface area (Å²) >= 11 is 7.17. The molecule has 0 saturated carbocycles. The first-order valence-electron chi connectivity index (χ1n) is 7.20. The summed E-state index contributed by atoms with van der Waals surface area (Å²) in [6, 6.07) is 9.42. The van der Waals surface area contributed by atoms with Gasteiger partial charge < -0.3 is 0 Å². The van der Waals surface area contributed by atoms with E-state index >= 15 is 0 Å². The number of benzene rings is 1. The number of ketones is 1. The molecule has 0 amide bonds. The summed E-state index contributed by atoms with van der Waals surface area (Å²) in [7, 11) is 0. The maximum absolute atomic E-state index is 12.3. The van der Waals surface area contributed by atoms with Gasteiger partial charge in [0.25, 0.3) is 0 Å². The first-order chi connectivity index (χ1) is 10.2. The molecule has 0 spiro atoms. The number of aromatic nitrogens is 1. The summed E-state index contributed by atoms with van der Waals surface area (Å²) in [5.41, 5.74) is 1.84. The molecule has 3 nitrogen and oxygen atoms in total. The number of likely N-dealkylation sites (tertiary alicyclic amines) is 1. The van der Waals surface area contributed by atoms with Gasteiger partial charge in [-0.15, -0.1) is 0 Å². The molecule has 22 heavy (non-hydrogen) atoms. The van der Waals surface area contributed by atoms with Gasteiger partial charge in [-0.05, 0) is 55.7 Å². The van der Waals surface area contributed by atoms with E-state index in [-0.39, 0.29) is 13.2 Å². The molecule has 0 atom stereocenters. The van der Waals surface area contributed by atoms with Crippen LogP contribution in [-0.2, 0) is 0 Å². The number of carbonyl (C=O) groups excluding carboxylic acids is 1. The maximum Gasteiger partial charge on any atom is 0.188 e. The summed E-state index contributed by atoms with van der Waals surface area (Å²) in [4.78, 5) is 15.3. The molecule has 1 saturated heterocycles. The molecule has 0 unspecified atom stereocenters. The van der Waals surface area contributed by atoms with Crippen molar-refractivity contribution in [2.24, 2.45) is 0 Å². The zero-order valence-corrected chi connectivity index (χ0v) is 13.3. The number of halogens is 1. The van der Waals surface area contributed by atoms with Crippen LogP contribution in [0.5, 0.6) is 0 Å². The van der Waals surface area contributed by atoms with Gasteiger partial charge >= 0.3 is 0 Å². The second kappa shape index (κ2) is 7.86. The summed E-state index contributed by atoms with van der Waals surface area (Å²) in [6.45, 7) is 2.59. The molecule has 1 fully saturated rings. The minimum Gasteiger partial charge on any atom is -0.296 e. The highest BCUT2D eigenvalue weighted by atomic mass is 35.5. The Kier molecular flexibility index (Phi) is 6.12. The number of carbonyl (C=O) groups is 1. The molecule has 1 aromatic carbocycles. The summed E-state index contributed by atoms with van der Waals surface area (Å²) in [5.74, 6) is 0.176. The first-order valence-corrected chi connectivity index (χ1v) is 8.36. The Labute approximate surface area is 141 Å². The molecule has 0 aliphatic carbocycles. The molecular formula is C17H21ClN2OS. The van der Waals surface area contributed by atoms with E-state index in [2.05, 4.69) is 9.27 Å². The van der Waals surface area contributed by atoms with Crippen LogP contribution in [0.3, 0.4) is 0 Å². The minimum atomic E-state index is 0. The highest BCUT2D eigenvalue weighted by Crippen LogP contribution is 2.24. The van der Waals surface area contributed by atoms with Crippen LogP contribution < -0.4 is 0 Å². The van der Waals surface area contributed by atoms with Crippen molar-refractivity contribution < 1.29 is 4.79 Å². The van der Waals surface area contributed by atoms with Crippen LogP contribution in [-0.4, -0.2) is 34.7 Å². The first kappa shape index (κ1) is 17.1. The van der Waals surface area contributed by atoms with Crippen LogP contribution in [0.1, 0.15) is 36.4 Å². The number of nitrogens with zero attached hydrogens (tertiary/aromatic N) is 2. The monoisotopic (exact) mass is 336 g/mol. The fourth-order valence-electron chi connectivity index (χ4n) is 2.56. The van der Waals surface area contributed by atoms with Gasteiger partial charge in [-0.25, -0.2) is 0 Å². The van der Waals surface area contributed by atoms with Crippen LogP contribution >= 0.6 is 23.1 Å². The smallest absolute Gasteiger partial charge is 0.188 e. The van der Waals surface area contributed by atoms with Crippen LogP contribution in [0.4, 0.5) is 0 Å². The van der Waals surface area contributed by atoms with Crippen molar-refractivity contribution in [3.8, 4) is 11.3 Å². The minimum absolute atomic E-state index is 0. The van der Waals surface area contributed by atoms with Crippen LogP contribution in [0.25, 0.3) is 11.3 Å². The van der Waals surface area contributed by atoms with E-state index in [1.54, 1.807) is 0 Å². The molecule has 2 heterocycles. The standard InChI is InChI=1S/C16H17ClN2OS.CH4/c17-13-6-4-12(5-7-13)14-10-16(21-18-14)15(20)11-19-8-2-1-3-9-19;/h4-7,10H,1-3,8-9,11H2;1H4. The molecule has 5 heteroatoms. The van der Waals surface area contributed by atoms with E-state index in [1.807, 2.05) is 30.3 Å². The molecule has 0 radical (unpaired) electrons. The van der Waals surface area contributed by atoms with Gasteiger partial charge in [-0.3, -0.25) is 9.69 Å². The van der Waals surface area contributed by atoms with E-state index in [0.29, 0.717) is 11.6 Å². The Morgan fingerprint density at radius 1 is 1.18 bits per heavy atom. The van der Waals surface area contributed by atoms with Crippen LogP contribution in [0, 0.1) is 0 Å². The predicted octanol–water partition coefficient (Wildman–Crippen LogP) is 4.77. The van der Waals surface area contributed by atoms with Gasteiger partial charge in [0.2, 0.25) is 0 Å². The lowest BCUT2D eigenvalue weighted by atomic mass is 10.1. The Morgan fingerprint density at radius 2 is 1.86 bits per heavy atom. The SMILES string of the molecule is C.O=C(CN1CCCCC1)c1cc(-c2ccc(Cl)cc2)ns1. The third-order valence-electron chi connectivity index (χ3n) is 3.74. The van der Waals surface area contributed by atoms with E-state index in [1.165, 1.54) is 30.8 Å². The molecule has 2 aromatic rings. The van der Waals surface area contributed by atoms with Crippen LogP contribution in [0.15, 0.2) is 30.3 Å². The Bertz CT molecular complexity index is 618. The fraction of sp³-hybridized carbons (Fsp3) is 0.412. The topological polar surface area (TPSA) is 33.2 Å². The van der Waals surface area contributed by atoms with Crippen molar-refractivity contribution in [1.82, 2.24) is 9.27 Å². The van der Waals surface area contributed by atoms with Gasteiger partial charge in [0.05, 0.1) is 17.1 Å².